The first-order valence-electron chi connectivity index (χ1n) is 22.1. The molecule has 9 heteroatoms. The van der Waals surface area contributed by atoms with Gasteiger partial charge in [-0.05, 0) is 32.1 Å². The monoisotopic (exact) mass is 754 g/mol. The molecular formula is C44H83NO8. The largest absolute Gasteiger partial charge is 0.394 e. The summed E-state index contributed by atoms with van der Waals surface area (Å²) in [6.45, 7) is 3.75. The van der Waals surface area contributed by atoms with E-state index in [0.717, 1.165) is 38.5 Å². The number of hydrogen-bond donors (Lipinski definition) is 6. The highest BCUT2D eigenvalue weighted by Gasteiger charge is 2.44. The van der Waals surface area contributed by atoms with Crippen LogP contribution in [0.4, 0.5) is 0 Å². The lowest BCUT2D eigenvalue weighted by Gasteiger charge is -2.40. The van der Waals surface area contributed by atoms with Gasteiger partial charge in [-0.25, -0.2) is 0 Å². The molecule has 1 aliphatic rings. The molecule has 53 heavy (non-hydrogen) atoms. The van der Waals surface area contributed by atoms with Crippen LogP contribution in [0.25, 0.3) is 0 Å². The van der Waals surface area contributed by atoms with Crippen LogP contribution < -0.4 is 5.32 Å². The summed E-state index contributed by atoms with van der Waals surface area (Å²) in [6, 6.07) is -0.815. The lowest BCUT2D eigenvalue weighted by molar-refractivity contribution is -0.302. The topological polar surface area (TPSA) is 149 Å². The van der Waals surface area contributed by atoms with Crippen LogP contribution in [0.3, 0.4) is 0 Å². The van der Waals surface area contributed by atoms with Gasteiger partial charge in [0, 0.05) is 6.42 Å². The fourth-order valence-corrected chi connectivity index (χ4v) is 6.94. The molecule has 1 rings (SSSR count). The summed E-state index contributed by atoms with van der Waals surface area (Å²) in [4.78, 5) is 12.9. The zero-order valence-corrected chi connectivity index (χ0v) is 34.0. The molecule has 0 aromatic carbocycles. The van der Waals surface area contributed by atoms with Crippen molar-refractivity contribution < 1.29 is 39.8 Å². The van der Waals surface area contributed by atoms with E-state index in [9.17, 15) is 30.3 Å². The third-order valence-corrected chi connectivity index (χ3v) is 10.5. The van der Waals surface area contributed by atoms with Gasteiger partial charge >= 0.3 is 0 Å². The first kappa shape index (κ1) is 49.7. The molecule has 0 aromatic heterocycles. The molecule has 1 heterocycles. The molecule has 7 atom stereocenters. The van der Waals surface area contributed by atoms with Gasteiger partial charge < -0.3 is 40.3 Å². The minimum absolute atomic E-state index is 0.186. The van der Waals surface area contributed by atoms with Gasteiger partial charge in [0.2, 0.25) is 5.91 Å². The first-order chi connectivity index (χ1) is 25.8. The summed E-state index contributed by atoms with van der Waals surface area (Å²) in [5.74, 6) is -0.186. The Morgan fingerprint density at radius 2 is 1.08 bits per heavy atom. The predicted molar refractivity (Wildman–Crippen MR) is 217 cm³/mol. The van der Waals surface area contributed by atoms with E-state index in [1.807, 2.05) is 6.08 Å². The van der Waals surface area contributed by atoms with Crippen molar-refractivity contribution >= 4 is 5.91 Å². The highest BCUT2D eigenvalue weighted by molar-refractivity contribution is 5.76. The third kappa shape index (κ3) is 26.2. The summed E-state index contributed by atoms with van der Waals surface area (Å²) >= 11 is 0. The molecule has 0 saturated carbocycles. The van der Waals surface area contributed by atoms with Crippen LogP contribution in [0.2, 0.25) is 0 Å². The van der Waals surface area contributed by atoms with Crippen LogP contribution in [0, 0.1) is 0 Å². The predicted octanol–water partition coefficient (Wildman–Crippen LogP) is 8.72. The third-order valence-electron chi connectivity index (χ3n) is 10.5. The number of unbranched alkanes of at least 4 members (excludes halogenated alkanes) is 24. The molecule has 1 fully saturated rings. The fraction of sp³-hybridized carbons (Fsp3) is 0.886. The van der Waals surface area contributed by atoms with Crippen molar-refractivity contribution in [2.45, 2.75) is 236 Å². The number of allylic oxidation sites excluding steroid dienone is 3. The molecule has 0 bridgehead atoms. The highest BCUT2D eigenvalue weighted by Crippen LogP contribution is 2.22. The highest BCUT2D eigenvalue weighted by atomic mass is 16.7. The smallest absolute Gasteiger partial charge is 0.220 e. The van der Waals surface area contributed by atoms with E-state index in [2.05, 4.69) is 31.3 Å². The van der Waals surface area contributed by atoms with Crippen molar-refractivity contribution in [3.8, 4) is 0 Å². The normalized spacial score (nSPS) is 21.8. The molecule has 312 valence electrons. The fourth-order valence-electron chi connectivity index (χ4n) is 6.94. The first-order valence-corrected chi connectivity index (χ1v) is 22.1. The zero-order chi connectivity index (χ0) is 38.8. The SMILES string of the molecule is CCCCCCCCCC/C=C/CC/C=C/C(O)C(COC1OC(CO)C(O)C(O)C1O)NC(=O)CCCCCCCCCCCCCCCCCC. The standard InChI is InChI=1S/C44H83NO8/c1-3-5-7-9-11-13-15-17-19-20-22-24-26-28-30-32-34-40(48)45-37(36-52-44-43(51)42(50)41(49)39(35-46)53-44)38(47)33-31-29-27-25-23-21-18-16-14-12-10-8-6-4-2/h23,25,31,33,37-39,41-44,46-47,49-51H,3-22,24,26-30,32,34-36H2,1-2H3,(H,45,48)/b25-23+,33-31+. The molecule has 1 amide bonds. The second kappa shape index (κ2) is 35.1. The van der Waals surface area contributed by atoms with Crippen molar-refractivity contribution in [1.29, 1.82) is 0 Å². The van der Waals surface area contributed by atoms with Crippen molar-refractivity contribution in [2.24, 2.45) is 0 Å². The summed E-state index contributed by atoms with van der Waals surface area (Å²) in [5.41, 5.74) is 0. The van der Waals surface area contributed by atoms with Crippen LogP contribution in [0.15, 0.2) is 24.3 Å². The summed E-state index contributed by atoms with van der Waals surface area (Å²) in [7, 11) is 0. The maximum Gasteiger partial charge on any atom is 0.220 e. The minimum Gasteiger partial charge on any atom is -0.394 e. The van der Waals surface area contributed by atoms with E-state index in [0.29, 0.717) is 6.42 Å². The Morgan fingerprint density at radius 1 is 0.623 bits per heavy atom. The average Bonchev–Trinajstić information content (AvgIpc) is 3.16. The Hall–Kier alpha value is -1.33. The maximum absolute atomic E-state index is 12.9. The van der Waals surface area contributed by atoms with Crippen molar-refractivity contribution in [3.63, 3.8) is 0 Å². The quantitative estimate of drug-likeness (QED) is 0.0275. The van der Waals surface area contributed by atoms with E-state index < -0.39 is 49.5 Å². The Labute approximate surface area is 324 Å². The van der Waals surface area contributed by atoms with Gasteiger partial charge in [-0.1, -0.05) is 179 Å². The van der Waals surface area contributed by atoms with Crippen LogP contribution in [-0.4, -0.2) is 87.5 Å². The number of carbonyl (C=O) groups excluding carboxylic acids is 1. The van der Waals surface area contributed by atoms with Crippen LogP contribution in [-0.2, 0) is 14.3 Å². The van der Waals surface area contributed by atoms with Gasteiger partial charge in [0.25, 0.3) is 0 Å². The minimum atomic E-state index is -1.57. The van der Waals surface area contributed by atoms with E-state index in [1.54, 1.807) is 6.08 Å². The van der Waals surface area contributed by atoms with Crippen molar-refractivity contribution in [3.05, 3.63) is 24.3 Å². The van der Waals surface area contributed by atoms with Gasteiger partial charge in [-0.2, -0.15) is 0 Å². The second-order valence-corrected chi connectivity index (χ2v) is 15.5. The van der Waals surface area contributed by atoms with Crippen molar-refractivity contribution in [1.82, 2.24) is 5.32 Å². The van der Waals surface area contributed by atoms with Gasteiger partial charge in [-0.3, -0.25) is 4.79 Å². The Kier molecular flexibility index (Phi) is 32.9. The van der Waals surface area contributed by atoms with Gasteiger partial charge in [0.15, 0.2) is 6.29 Å². The molecule has 1 aliphatic heterocycles. The summed E-state index contributed by atoms with van der Waals surface area (Å²) in [6.07, 6.45) is 33.6. The van der Waals surface area contributed by atoms with Gasteiger partial charge in [0.1, 0.15) is 24.4 Å². The maximum atomic E-state index is 12.9. The molecule has 0 radical (unpaired) electrons. The summed E-state index contributed by atoms with van der Waals surface area (Å²) < 4.78 is 11.2. The molecule has 9 nitrogen and oxygen atoms in total. The Balaban J connectivity index is 2.40. The molecule has 0 aromatic rings. The molecule has 0 spiro atoms. The second-order valence-electron chi connectivity index (χ2n) is 15.5. The van der Waals surface area contributed by atoms with Crippen LogP contribution in [0.5, 0.6) is 0 Å². The van der Waals surface area contributed by atoms with Gasteiger partial charge in [-0.15, -0.1) is 0 Å². The van der Waals surface area contributed by atoms with Crippen LogP contribution in [0.1, 0.15) is 194 Å². The van der Waals surface area contributed by atoms with E-state index in [1.165, 1.54) is 135 Å². The zero-order valence-electron chi connectivity index (χ0n) is 34.0. The lowest BCUT2D eigenvalue weighted by atomic mass is 9.99. The van der Waals surface area contributed by atoms with Gasteiger partial charge in [0.05, 0.1) is 25.4 Å². The Bertz CT molecular complexity index is 883. The number of nitrogens with one attached hydrogen (secondary N) is 1. The molecule has 0 aliphatic carbocycles. The summed E-state index contributed by atoms with van der Waals surface area (Å²) in [5, 5.41) is 54.1. The number of rotatable bonds is 36. The number of hydrogen-bond acceptors (Lipinski definition) is 8. The number of aliphatic hydroxyl groups is 5. The van der Waals surface area contributed by atoms with E-state index >= 15 is 0 Å². The number of ether oxygens (including phenoxy) is 2. The lowest BCUT2D eigenvalue weighted by Crippen LogP contribution is -2.60. The molecular weight excluding hydrogens is 670 g/mol. The van der Waals surface area contributed by atoms with Crippen molar-refractivity contribution in [2.75, 3.05) is 13.2 Å². The van der Waals surface area contributed by atoms with Crippen LogP contribution >= 0.6 is 0 Å². The number of aliphatic hydroxyl groups excluding tert-OH is 5. The molecule has 7 unspecified atom stereocenters. The number of carbonyl (C=O) groups is 1. The average molecular weight is 754 g/mol. The number of amides is 1. The van der Waals surface area contributed by atoms with E-state index in [-0.39, 0.29) is 12.5 Å². The van der Waals surface area contributed by atoms with E-state index in [4.69, 9.17) is 9.47 Å². The Morgan fingerprint density at radius 3 is 1.58 bits per heavy atom. The molecule has 1 saturated heterocycles. The molecule has 6 N–H and O–H groups in total.